The zero-order chi connectivity index (χ0) is 31.1. The summed E-state index contributed by atoms with van der Waals surface area (Å²) < 4.78 is 0. The lowest BCUT2D eigenvalue weighted by Gasteiger charge is -2.27. The number of phenols is 2. The van der Waals surface area contributed by atoms with Gasteiger partial charge in [0.15, 0.2) is 0 Å². The molecule has 0 radical (unpaired) electrons. The second-order valence-electron chi connectivity index (χ2n) is 15.6. The van der Waals surface area contributed by atoms with Gasteiger partial charge < -0.3 is 32.3 Å². The van der Waals surface area contributed by atoms with E-state index in [-0.39, 0.29) is 27.7 Å². The predicted octanol–water partition coefficient (Wildman–Crippen LogP) is 6.57. The molecule has 40 heavy (non-hydrogen) atoms. The van der Waals surface area contributed by atoms with Gasteiger partial charge in [0.05, 0.1) is 0 Å². The monoisotopic (exact) mass is 556 g/mol. The van der Waals surface area contributed by atoms with Gasteiger partial charge in [-0.15, -0.1) is 0 Å². The summed E-state index contributed by atoms with van der Waals surface area (Å²) in [5, 5.41) is 28.3. The van der Waals surface area contributed by atoms with Crippen LogP contribution in [0.3, 0.4) is 0 Å². The van der Waals surface area contributed by atoms with Gasteiger partial charge in [-0.3, -0.25) is 0 Å². The van der Waals surface area contributed by atoms with Gasteiger partial charge in [0.25, 0.3) is 0 Å². The zero-order valence-electron chi connectivity index (χ0n) is 27.6. The third-order valence-electron chi connectivity index (χ3n) is 6.55. The topological polar surface area (TPSA) is 117 Å². The molecule has 0 aliphatic heterocycles. The van der Waals surface area contributed by atoms with E-state index in [0.29, 0.717) is 31.6 Å². The molecule has 8 N–H and O–H groups in total. The first kappa shape index (κ1) is 35.9. The van der Waals surface area contributed by atoms with Crippen LogP contribution in [0.1, 0.15) is 116 Å². The van der Waals surface area contributed by atoms with E-state index in [1.165, 1.54) is 11.1 Å². The van der Waals surface area contributed by atoms with Crippen LogP contribution in [0.15, 0.2) is 24.3 Å². The Bertz CT molecular complexity index is 1000. The third-order valence-corrected chi connectivity index (χ3v) is 6.55. The number of nitrogens with two attached hydrogens (primary N) is 2. The molecule has 0 spiro atoms. The average molecular weight is 557 g/mol. The summed E-state index contributed by atoms with van der Waals surface area (Å²) in [5.41, 5.74) is 17.8. The molecule has 0 aliphatic rings. The molecule has 0 amide bonds. The maximum atomic E-state index is 10.7. The Hall–Kier alpha value is -2.12. The van der Waals surface area contributed by atoms with Crippen molar-refractivity contribution in [1.82, 2.24) is 10.6 Å². The van der Waals surface area contributed by atoms with Crippen molar-refractivity contribution in [3.63, 3.8) is 0 Å². The third kappa shape index (κ3) is 12.2. The average Bonchev–Trinajstić information content (AvgIpc) is 2.78. The van der Waals surface area contributed by atoms with Crippen molar-refractivity contribution in [2.75, 3.05) is 13.1 Å². The molecule has 0 aromatic heterocycles. The summed E-state index contributed by atoms with van der Waals surface area (Å²) in [4.78, 5) is 0. The Labute approximate surface area is 245 Å². The molecule has 2 aromatic rings. The van der Waals surface area contributed by atoms with Crippen molar-refractivity contribution >= 4 is 0 Å². The predicted molar refractivity (Wildman–Crippen MR) is 172 cm³/mol. The molecule has 0 bridgehead atoms. The maximum Gasteiger partial charge on any atom is 0.124 e. The fourth-order valence-corrected chi connectivity index (χ4v) is 4.10. The molecule has 0 saturated carbocycles. The lowest BCUT2D eigenvalue weighted by atomic mass is 9.84. The van der Waals surface area contributed by atoms with E-state index in [2.05, 4.69) is 106 Å². The molecule has 0 heterocycles. The van der Waals surface area contributed by atoms with Gasteiger partial charge in [-0.05, 0) is 32.8 Å². The first-order valence-electron chi connectivity index (χ1n) is 14.6. The Morgan fingerprint density at radius 1 is 0.550 bits per heavy atom. The van der Waals surface area contributed by atoms with E-state index in [1.807, 2.05) is 12.1 Å². The molecule has 0 fully saturated rings. The summed E-state index contributed by atoms with van der Waals surface area (Å²) in [6, 6.07) is 8.17. The number of rotatable bonds is 10. The van der Waals surface area contributed by atoms with Gasteiger partial charge in [0, 0.05) is 61.5 Å². The van der Waals surface area contributed by atoms with E-state index in [4.69, 9.17) is 11.5 Å². The van der Waals surface area contributed by atoms with E-state index in [1.54, 1.807) is 0 Å². The number of benzene rings is 2. The van der Waals surface area contributed by atoms with Crippen LogP contribution in [0.5, 0.6) is 11.5 Å². The van der Waals surface area contributed by atoms with Gasteiger partial charge in [-0.2, -0.15) is 0 Å². The fourth-order valence-electron chi connectivity index (χ4n) is 4.10. The lowest BCUT2D eigenvalue weighted by molar-refractivity contribution is 0.317. The largest absolute Gasteiger partial charge is 0.507 e. The standard InChI is InChI=1S/C29H48N4O2.C5H12/c1-27(2,3)23-9-19(13-30)25(34)21(11-23)15-32-17-29(7,8)18-33-16-22-12-24(28(4,5)6)10-20(14-31)26(22)35;1-5(2,3)4/h9-12,32-35H,13-18,30-31H2,1-8H3;1-4H3. The van der Waals surface area contributed by atoms with Crippen molar-refractivity contribution in [3.05, 3.63) is 57.6 Å². The number of hydrogen-bond acceptors (Lipinski definition) is 6. The molecule has 228 valence electrons. The fraction of sp³-hybridized carbons (Fsp3) is 0.647. The highest BCUT2D eigenvalue weighted by Gasteiger charge is 2.22. The van der Waals surface area contributed by atoms with Crippen LogP contribution in [-0.2, 0) is 37.0 Å². The minimum absolute atomic E-state index is 0.0187. The highest BCUT2D eigenvalue weighted by molar-refractivity contribution is 5.46. The summed E-state index contributed by atoms with van der Waals surface area (Å²) in [6.45, 7) is 29.4. The first-order chi connectivity index (χ1) is 18.1. The molecule has 6 nitrogen and oxygen atoms in total. The van der Waals surface area contributed by atoms with Gasteiger partial charge in [-0.1, -0.05) is 107 Å². The van der Waals surface area contributed by atoms with Crippen LogP contribution in [0.2, 0.25) is 0 Å². The van der Waals surface area contributed by atoms with Gasteiger partial charge in [-0.25, -0.2) is 0 Å². The summed E-state index contributed by atoms with van der Waals surface area (Å²) in [6.07, 6.45) is 0. The smallest absolute Gasteiger partial charge is 0.124 e. The van der Waals surface area contributed by atoms with E-state index in [9.17, 15) is 10.2 Å². The minimum Gasteiger partial charge on any atom is -0.507 e. The Morgan fingerprint density at radius 2 is 0.825 bits per heavy atom. The Balaban J connectivity index is 0.00000146. The second-order valence-corrected chi connectivity index (χ2v) is 15.6. The molecule has 2 rings (SSSR count). The molecule has 0 aliphatic carbocycles. The van der Waals surface area contributed by atoms with Crippen LogP contribution >= 0.6 is 0 Å². The summed E-state index contributed by atoms with van der Waals surface area (Å²) in [7, 11) is 0. The molecule has 0 atom stereocenters. The van der Waals surface area contributed by atoms with Crippen LogP contribution in [0.25, 0.3) is 0 Å². The number of phenolic OH excluding ortho intramolecular Hbond substituents is 2. The van der Waals surface area contributed by atoms with Crippen molar-refractivity contribution in [3.8, 4) is 11.5 Å². The lowest BCUT2D eigenvalue weighted by Crippen LogP contribution is -2.37. The SMILES string of the molecule is CC(C)(C)C.CC(C)(CNCc1cc(C(C)(C)C)cc(CN)c1O)CNCc1cc(C(C)(C)C)cc(CN)c1O. The highest BCUT2D eigenvalue weighted by atomic mass is 16.3. The van der Waals surface area contributed by atoms with E-state index >= 15 is 0 Å². The Morgan fingerprint density at radius 3 is 1.07 bits per heavy atom. The van der Waals surface area contributed by atoms with Crippen molar-refractivity contribution in [2.24, 2.45) is 22.3 Å². The van der Waals surface area contributed by atoms with E-state index in [0.717, 1.165) is 35.3 Å². The quantitative estimate of drug-likeness (QED) is 0.197. The van der Waals surface area contributed by atoms with Crippen LogP contribution in [0, 0.1) is 10.8 Å². The van der Waals surface area contributed by atoms with Crippen molar-refractivity contribution in [2.45, 2.75) is 120 Å². The van der Waals surface area contributed by atoms with Crippen LogP contribution in [-0.4, -0.2) is 23.3 Å². The second kappa shape index (κ2) is 14.2. The number of hydrogen-bond donors (Lipinski definition) is 6. The van der Waals surface area contributed by atoms with Crippen molar-refractivity contribution < 1.29 is 10.2 Å². The molecular weight excluding hydrogens is 496 g/mol. The molecule has 2 aromatic carbocycles. The van der Waals surface area contributed by atoms with Gasteiger partial charge >= 0.3 is 0 Å². The number of nitrogens with one attached hydrogen (secondary N) is 2. The first-order valence-corrected chi connectivity index (χ1v) is 14.6. The summed E-state index contributed by atoms with van der Waals surface area (Å²) in [5.74, 6) is 0.572. The van der Waals surface area contributed by atoms with Crippen molar-refractivity contribution in [1.29, 1.82) is 0 Å². The molecular formula is C34H60N4O2. The number of aromatic hydroxyl groups is 2. The highest BCUT2D eigenvalue weighted by Crippen LogP contribution is 2.32. The van der Waals surface area contributed by atoms with Crippen LogP contribution in [0.4, 0.5) is 0 Å². The Kier molecular flexibility index (Phi) is 12.7. The van der Waals surface area contributed by atoms with Crippen LogP contribution < -0.4 is 22.1 Å². The molecule has 6 heteroatoms. The normalized spacial score (nSPS) is 12.8. The minimum atomic E-state index is -0.0398. The van der Waals surface area contributed by atoms with Gasteiger partial charge in [0.1, 0.15) is 11.5 Å². The molecule has 0 unspecified atom stereocenters. The summed E-state index contributed by atoms with van der Waals surface area (Å²) >= 11 is 0. The van der Waals surface area contributed by atoms with E-state index < -0.39 is 0 Å². The zero-order valence-corrected chi connectivity index (χ0v) is 27.6. The van der Waals surface area contributed by atoms with Gasteiger partial charge in [0.2, 0.25) is 0 Å². The maximum absolute atomic E-state index is 10.7. The molecule has 0 saturated heterocycles.